The zero-order valence-electron chi connectivity index (χ0n) is 10.2. The van der Waals surface area contributed by atoms with Crippen molar-refractivity contribution in [3.05, 3.63) is 58.1 Å². The molecule has 2 aromatic rings. The normalized spacial score (nSPS) is 10.5. The van der Waals surface area contributed by atoms with Crippen LogP contribution in [0.3, 0.4) is 0 Å². The third-order valence-corrected chi connectivity index (χ3v) is 3.04. The van der Waals surface area contributed by atoms with Crippen molar-refractivity contribution < 1.29 is 13.5 Å². The van der Waals surface area contributed by atoms with E-state index in [1.54, 1.807) is 19.2 Å². The van der Waals surface area contributed by atoms with Crippen LogP contribution in [0.1, 0.15) is 5.56 Å². The summed E-state index contributed by atoms with van der Waals surface area (Å²) in [6.45, 7) is 0.306. The van der Waals surface area contributed by atoms with Gasteiger partial charge < -0.3 is 10.1 Å². The average Bonchev–Trinajstić information content (AvgIpc) is 2.37. The zero-order valence-corrected chi connectivity index (χ0v) is 11.8. The van der Waals surface area contributed by atoms with E-state index in [9.17, 15) is 8.78 Å². The van der Waals surface area contributed by atoms with Crippen LogP contribution in [0, 0.1) is 11.6 Å². The van der Waals surface area contributed by atoms with Crippen LogP contribution in [0.25, 0.3) is 0 Å². The van der Waals surface area contributed by atoms with Crippen LogP contribution in [0.5, 0.6) is 11.5 Å². The number of nitrogens with one attached hydrogen (secondary N) is 1. The summed E-state index contributed by atoms with van der Waals surface area (Å²) in [7, 11) is 1.70. The second kappa shape index (κ2) is 6.12. The van der Waals surface area contributed by atoms with E-state index in [0.29, 0.717) is 22.3 Å². The fourth-order valence-electron chi connectivity index (χ4n) is 1.66. The third-order valence-electron chi connectivity index (χ3n) is 2.54. The van der Waals surface area contributed by atoms with Gasteiger partial charge in [-0.05, 0) is 37.4 Å². The zero-order chi connectivity index (χ0) is 13.8. The van der Waals surface area contributed by atoms with Crippen molar-refractivity contribution in [1.29, 1.82) is 0 Å². The van der Waals surface area contributed by atoms with Gasteiger partial charge in [-0.1, -0.05) is 22.0 Å². The Morgan fingerprint density at radius 2 is 1.89 bits per heavy atom. The predicted molar refractivity (Wildman–Crippen MR) is 73.3 cm³/mol. The molecule has 0 heterocycles. The number of hydrogen-bond donors (Lipinski definition) is 1. The molecule has 0 aliphatic rings. The van der Waals surface area contributed by atoms with E-state index in [2.05, 4.69) is 21.2 Å². The molecule has 0 radical (unpaired) electrons. The average molecular weight is 328 g/mol. The van der Waals surface area contributed by atoms with E-state index in [1.165, 1.54) is 24.3 Å². The van der Waals surface area contributed by atoms with E-state index in [1.807, 2.05) is 0 Å². The Morgan fingerprint density at radius 1 is 1.11 bits per heavy atom. The van der Waals surface area contributed by atoms with Crippen LogP contribution in [0.15, 0.2) is 40.9 Å². The highest BCUT2D eigenvalue weighted by Crippen LogP contribution is 2.30. The van der Waals surface area contributed by atoms with Crippen molar-refractivity contribution in [3.63, 3.8) is 0 Å². The summed E-state index contributed by atoms with van der Waals surface area (Å²) in [5.41, 5.74) is 0.368. The number of halogens is 3. The molecular weight excluding hydrogens is 316 g/mol. The summed E-state index contributed by atoms with van der Waals surface area (Å²) in [4.78, 5) is 0. The minimum Gasteiger partial charge on any atom is -0.454 e. The number of rotatable bonds is 4. The second-order valence-corrected chi connectivity index (χ2v) is 4.84. The number of benzene rings is 2. The largest absolute Gasteiger partial charge is 0.454 e. The molecule has 2 rings (SSSR count). The Hall–Kier alpha value is -1.46. The van der Waals surface area contributed by atoms with Gasteiger partial charge in [0.15, 0.2) is 11.6 Å². The van der Waals surface area contributed by atoms with Crippen molar-refractivity contribution in [2.45, 2.75) is 6.54 Å². The Labute approximate surface area is 118 Å². The van der Waals surface area contributed by atoms with Crippen LogP contribution in [0.2, 0.25) is 0 Å². The molecule has 0 aromatic heterocycles. The molecule has 19 heavy (non-hydrogen) atoms. The molecule has 0 aliphatic heterocycles. The summed E-state index contributed by atoms with van der Waals surface area (Å²) in [5.74, 6) is -0.528. The van der Waals surface area contributed by atoms with Crippen LogP contribution in [-0.2, 0) is 6.54 Å². The standard InChI is InChI=1S/C14H12BrF2NO/c1-18-8-10-11(16)3-2-4-13(10)19-14-6-5-9(15)7-12(14)17/h2-7,18H,8H2,1H3. The van der Waals surface area contributed by atoms with Crippen LogP contribution in [-0.4, -0.2) is 7.05 Å². The van der Waals surface area contributed by atoms with Crippen molar-refractivity contribution in [2.24, 2.45) is 0 Å². The lowest BCUT2D eigenvalue weighted by molar-refractivity contribution is 0.430. The van der Waals surface area contributed by atoms with Gasteiger partial charge in [-0.25, -0.2) is 8.78 Å². The van der Waals surface area contributed by atoms with Gasteiger partial charge in [-0.2, -0.15) is 0 Å². The summed E-state index contributed by atoms with van der Waals surface area (Å²) in [6, 6.07) is 8.94. The van der Waals surface area contributed by atoms with Crippen LogP contribution < -0.4 is 10.1 Å². The molecule has 5 heteroatoms. The lowest BCUT2D eigenvalue weighted by Crippen LogP contribution is -2.08. The summed E-state index contributed by atoms with van der Waals surface area (Å²) in [5, 5.41) is 2.85. The quantitative estimate of drug-likeness (QED) is 0.906. The summed E-state index contributed by atoms with van der Waals surface area (Å²) < 4.78 is 33.4. The van der Waals surface area contributed by atoms with Gasteiger partial charge in [0, 0.05) is 16.6 Å². The highest BCUT2D eigenvalue weighted by molar-refractivity contribution is 9.10. The van der Waals surface area contributed by atoms with E-state index < -0.39 is 5.82 Å². The van der Waals surface area contributed by atoms with Crippen LogP contribution >= 0.6 is 15.9 Å². The first-order chi connectivity index (χ1) is 9.11. The predicted octanol–water partition coefficient (Wildman–Crippen LogP) is 4.24. The van der Waals surface area contributed by atoms with Crippen molar-refractivity contribution in [1.82, 2.24) is 5.32 Å². The first kappa shape index (κ1) is 14.0. The second-order valence-electron chi connectivity index (χ2n) is 3.92. The maximum absolute atomic E-state index is 13.7. The Balaban J connectivity index is 2.35. The molecule has 1 N–H and O–H groups in total. The Bertz CT molecular complexity index is 590. The monoisotopic (exact) mass is 327 g/mol. The van der Waals surface area contributed by atoms with E-state index >= 15 is 0 Å². The highest BCUT2D eigenvalue weighted by Gasteiger charge is 2.12. The minimum atomic E-state index is -0.506. The molecule has 2 nitrogen and oxygen atoms in total. The smallest absolute Gasteiger partial charge is 0.166 e. The molecular formula is C14H12BrF2NO. The lowest BCUT2D eigenvalue weighted by atomic mass is 10.2. The number of ether oxygens (including phenoxy) is 1. The maximum atomic E-state index is 13.7. The van der Waals surface area contributed by atoms with Crippen molar-refractivity contribution >= 4 is 15.9 Å². The molecule has 0 bridgehead atoms. The number of hydrogen-bond acceptors (Lipinski definition) is 2. The van der Waals surface area contributed by atoms with Gasteiger partial charge in [-0.3, -0.25) is 0 Å². The van der Waals surface area contributed by atoms with Gasteiger partial charge in [0.1, 0.15) is 11.6 Å². The SMILES string of the molecule is CNCc1c(F)cccc1Oc1ccc(Br)cc1F. The topological polar surface area (TPSA) is 21.3 Å². The molecule has 0 spiro atoms. The lowest BCUT2D eigenvalue weighted by Gasteiger charge is -2.12. The molecule has 0 saturated heterocycles. The molecule has 0 saturated carbocycles. The molecule has 0 unspecified atom stereocenters. The highest BCUT2D eigenvalue weighted by atomic mass is 79.9. The van der Waals surface area contributed by atoms with Gasteiger partial charge >= 0.3 is 0 Å². The van der Waals surface area contributed by atoms with Gasteiger partial charge in [-0.15, -0.1) is 0 Å². The van der Waals surface area contributed by atoms with E-state index in [0.717, 1.165) is 0 Å². The first-order valence-electron chi connectivity index (χ1n) is 5.66. The molecule has 0 amide bonds. The molecule has 100 valence electrons. The maximum Gasteiger partial charge on any atom is 0.166 e. The van der Waals surface area contributed by atoms with Crippen LogP contribution in [0.4, 0.5) is 8.78 Å². The summed E-state index contributed by atoms with van der Waals surface area (Å²) in [6.07, 6.45) is 0. The van der Waals surface area contributed by atoms with Gasteiger partial charge in [0.2, 0.25) is 0 Å². The molecule has 0 fully saturated rings. The third kappa shape index (κ3) is 3.30. The van der Waals surface area contributed by atoms with Crippen molar-refractivity contribution in [3.8, 4) is 11.5 Å². The fraction of sp³-hybridized carbons (Fsp3) is 0.143. The van der Waals surface area contributed by atoms with E-state index in [-0.39, 0.29) is 11.6 Å². The molecule has 0 atom stereocenters. The van der Waals surface area contributed by atoms with Gasteiger partial charge in [0.05, 0.1) is 0 Å². The molecule has 0 aliphatic carbocycles. The first-order valence-corrected chi connectivity index (χ1v) is 6.46. The van der Waals surface area contributed by atoms with Gasteiger partial charge in [0.25, 0.3) is 0 Å². The Morgan fingerprint density at radius 3 is 2.58 bits per heavy atom. The van der Waals surface area contributed by atoms with Crippen molar-refractivity contribution in [2.75, 3.05) is 7.05 Å². The molecule has 2 aromatic carbocycles. The fourth-order valence-corrected chi connectivity index (χ4v) is 1.99. The van der Waals surface area contributed by atoms with E-state index in [4.69, 9.17) is 4.74 Å². The summed E-state index contributed by atoms with van der Waals surface area (Å²) >= 11 is 3.17. The minimum absolute atomic E-state index is 0.0613. The Kier molecular flexibility index (Phi) is 4.50.